The van der Waals surface area contributed by atoms with E-state index < -0.39 is 0 Å². The molecule has 1 atom stereocenters. The molecule has 0 spiro atoms. The van der Waals surface area contributed by atoms with Crippen molar-refractivity contribution in [2.24, 2.45) is 0 Å². The lowest BCUT2D eigenvalue weighted by molar-refractivity contribution is 0.0189. The summed E-state index contributed by atoms with van der Waals surface area (Å²) >= 11 is 0. The number of methoxy groups -OCH3 is 1. The number of rotatable bonds is 5. The Labute approximate surface area is 88.6 Å². The van der Waals surface area contributed by atoms with Gasteiger partial charge in [0.15, 0.2) is 0 Å². The summed E-state index contributed by atoms with van der Waals surface area (Å²) in [5, 5.41) is 0. The van der Waals surface area contributed by atoms with Crippen molar-refractivity contribution < 1.29 is 4.74 Å². The zero-order chi connectivity index (χ0) is 10.4. The van der Waals surface area contributed by atoms with Crippen LogP contribution >= 0.6 is 0 Å². The Kier molecular flexibility index (Phi) is 4.90. The second kappa shape index (κ2) is 5.72. The number of piperidine rings is 1. The minimum absolute atomic E-state index is 0.447. The Bertz CT molecular complexity index is 160. The molecule has 0 bridgehead atoms. The third-order valence-corrected chi connectivity index (χ3v) is 3.80. The highest BCUT2D eigenvalue weighted by Crippen LogP contribution is 2.33. The van der Waals surface area contributed by atoms with Crippen LogP contribution in [0.25, 0.3) is 0 Å². The van der Waals surface area contributed by atoms with Crippen molar-refractivity contribution >= 4 is 0 Å². The fourth-order valence-corrected chi connectivity index (χ4v) is 2.80. The normalized spacial score (nSPS) is 29.4. The average Bonchev–Trinajstić information content (AvgIpc) is 2.26. The SMILES string of the molecule is CCN1CCCC[C@]1(CC)CCOC. The Morgan fingerprint density at radius 1 is 1.29 bits per heavy atom. The number of likely N-dealkylation sites (tertiary alicyclic amines) is 1. The molecule has 0 N–H and O–H groups in total. The lowest BCUT2D eigenvalue weighted by Crippen LogP contribution is -2.51. The first-order chi connectivity index (χ1) is 6.79. The summed E-state index contributed by atoms with van der Waals surface area (Å²) in [7, 11) is 1.81. The molecular weight excluding hydrogens is 174 g/mol. The van der Waals surface area contributed by atoms with Gasteiger partial charge in [0.1, 0.15) is 0 Å². The quantitative estimate of drug-likeness (QED) is 0.675. The molecule has 0 radical (unpaired) electrons. The van der Waals surface area contributed by atoms with Crippen molar-refractivity contribution in [2.75, 3.05) is 26.8 Å². The van der Waals surface area contributed by atoms with E-state index in [0.717, 1.165) is 6.61 Å². The standard InChI is InChI=1S/C12H25NO/c1-4-12(9-11-14-3)8-6-7-10-13(12)5-2/h4-11H2,1-3H3/t12-/m1/s1. The van der Waals surface area contributed by atoms with Crippen molar-refractivity contribution in [1.29, 1.82) is 0 Å². The van der Waals surface area contributed by atoms with Gasteiger partial charge in [-0.3, -0.25) is 4.90 Å². The first-order valence-corrected chi connectivity index (χ1v) is 6.03. The molecule has 0 amide bonds. The van der Waals surface area contributed by atoms with Gasteiger partial charge in [-0.05, 0) is 38.8 Å². The van der Waals surface area contributed by atoms with Gasteiger partial charge in [-0.15, -0.1) is 0 Å². The summed E-state index contributed by atoms with van der Waals surface area (Å²) in [6.45, 7) is 7.99. The summed E-state index contributed by atoms with van der Waals surface area (Å²) in [6.07, 6.45) is 6.61. The highest BCUT2D eigenvalue weighted by Gasteiger charge is 2.35. The average molecular weight is 199 g/mol. The number of hydrogen-bond acceptors (Lipinski definition) is 2. The van der Waals surface area contributed by atoms with Gasteiger partial charge in [-0.2, -0.15) is 0 Å². The number of nitrogens with zero attached hydrogens (tertiary/aromatic N) is 1. The minimum atomic E-state index is 0.447. The highest BCUT2D eigenvalue weighted by molar-refractivity contribution is 4.91. The fourth-order valence-electron chi connectivity index (χ4n) is 2.80. The van der Waals surface area contributed by atoms with E-state index in [4.69, 9.17) is 4.74 Å². The Morgan fingerprint density at radius 2 is 2.07 bits per heavy atom. The molecule has 0 aromatic heterocycles. The van der Waals surface area contributed by atoms with E-state index >= 15 is 0 Å². The van der Waals surface area contributed by atoms with Gasteiger partial charge in [0.2, 0.25) is 0 Å². The van der Waals surface area contributed by atoms with Crippen molar-refractivity contribution in [3.8, 4) is 0 Å². The van der Waals surface area contributed by atoms with E-state index in [9.17, 15) is 0 Å². The van der Waals surface area contributed by atoms with Gasteiger partial charge >= 0.3 is 0 Å². The van der Waals surface area contributed by atoms with Gasteiger partial charge in [-0.25, -0.2) is 0 Å². The van der Waals surface area contributed by atoms with E-state index in [0.29, 0.717) is 5.54 Å². The maximum Gasteiger partial charge on any atom is 0.0479 e. The summed E-state index contributed by atoms with van der Waals surface area (Å²) in [4.78, 5) is 2.66. The van der Waals surface area contributed by atoms with Crippen LogP contribution in [0.3, 0.4) is 0 Å². The minimum Gasteiger partial charge on any atom is -0.385 e. The van der Waals surface area contributed by atoms with E-state index in [-0.39, 0.29) is 0 Å². The molecule has 0 unspecified atom stereocenters. The summed E-state index contributed by atoms with van der Waals surface area (Å²) in [5.74, 6) is 0. The zero-order valence-corrected chi connectivity index (χ0v) is 10.0. The number of hydrogen-bond donors (Lipinski definition) is 0. The fraction of sp³-hybridized carbons (Fsp3) is 1.00. The van der Waals surface area contributed by atoms with Crippen LogP contribution in [0.5, 0.6) is 0 Å². The molecule has 2 heteroatoms. The second-order valence-corrected chi connectivity index (χ2v) is 4.36. The van der Waals surface area contributed by atoms with Crippen LogP contribution < -0.4 is 0 Å². The monoisotopic (exact) mass is 199 g/mol. The van der Waals surface area contributed by atoms with Crippen LogP contribution in [-0.2, 0) is 4.74 Å². The van der Waals surface area contributed by atoms with Crippen LogP contribution in [0.15, 0.2) is 0 Å². The molecule has 1 saturated heterocycles. The van der Waals surface area contributed by atoms with E-state index in [1.807, 2.05) is 7.11 Å². The van der Waals surface area contributed by atoms with Gasteiger partial charge in [0.05, 0.1) is 0 Å². The molecule has 1 rings (SSSR count). The van der Waals surface area contributed by atoms with E-state index in [2.05, 4.69) is 18.7 Å². The van der Waals surface area contributed by atoms with Gasteiger partial charge in [0, 0.05) is 19.3 Å². The van der Waals surface area contributed by atoms with Crippen LogP contribution in [0.1, 0.15) is 46.0 Å². The topological polar surface area (TPSA) is 12.5 Å². The van der Waals surface area contributed by atoms with E-state index in [1.165, 1.54) is 45.2 Å². The highest BCUT2D eigenvalue weighted by atomic mass is 16.5. The third kappa shape index (κ3) is 2.48. The molecule has 1 aliphatic heterocycles. The lowest BCUT2D eigenvalue weighted by Gasteiger charge is -2.47. The second-order valence-electron chi connectivity index (χ2n) is 4.36. The molecule has 1 heterocycles. The molecule has 0 aliphatic carbocycles. The van der Waals surface area contributed by atoms with Crippen LogP contribution in [0.4, 0.5) is 0 Å². The predicted molar refractivity (Wildman–Crippen MR) is 60.6 cm³/mol. The maximum absolute atomic E-state index is 5.24. The molecule has 14 heavy (non-hydrogen) atoms. The molecule has 1 aliphatic rings. The zero-order valence-electron chi connectivity index (χ0n) is 10.0. The molecule has 84 valence electrons. The van der Waals surface area contributed by atoms with Gasteiger partial charge in [-0.1, -0.05) is 20.3 Å². The molecule has 0 aromatic carbocycles. The maximum atomic E-state index is 5.24. The smallest absolute Gasteiger partial charge is 0.0479 e. The van der Waals surface area contributed by atoms with Crippen molar-refractivity contribution in [1.82, 2.24) is 4.90 Å². The van der Waals surface area contributed by atoms with E-state index in [1.54, 1.807) is 0 Å². The molecule has 1 fully saturated rings. The summed E-state index contributed by atoms with van der Waals surface area (Å²) in [5.41, 5.74) is 0.447. The molecule has 0 aromatic rings. The number of ether oxygens (including phenoxy) is 1. The summed E-state index contributed by atoms with van der Waals surface area (Å²) < 4.78 is 5.24. The van der Waals surface area contributed by atoms with Crippen molar-refractivity contribution in [3.63, 3.8) is 0 Å². The van der Waals surface area contributed by atoms with Crippen molar-refractivity contribution in [2.45, 2.75) is 51.5 Å². The van der Waals surface area contributed by atoms with Gasteiger partial charge in [0.25, 0.3) is 0 Å². The first-order valence-electron chi connectivity index (χ1n) is 6.03. The molecular formula is C12H25NO. The van der Waals surface area contributed by atoms with Crippen molar-refractivity contribution in [3.05, 3.63) is 0 Å². The lowest BCUT2D eigenvalue weighted by atomic mass is 9.81. The first kappa shape index (κ1) is 12.0. The largest absolute Gasteiger partial charge is 0.385 e. The Hall–Kier alpha value is -0.0800. The molecule has 2 nitrogen and oxygen atoms in total. The predicted octanol–water partition coefficient (Wildman–Crippen LogP) is 2.68. The summed E-state index contributed by atoms with van der Waals surface area (Å²) in [6, 6.07) is 0. The third-order valence-electron chi connectivity index (χ3n) is 3.80. The Morgan fingerprint density at radius 3 is 2.64 bits per heavy atom. The Balaban J connectivity index is 2.60. The van der Waals surface area contributed by atoms with Gasteiger partial charge < -0.3 is 4.74 Å². The van der Waals surface area contributed by atoms with Crippen LogP contribution in [0.2, 0.25) is 0 Å². The van der Waals surface area contributed by atoms with Crippen LogP contribution in [-0.4, -0.2) is 37.2 Å². The molecule has 0 saturated carbocycles. The van der Waals surface area contributed by atoms with Crippen LogP contribution in [0, 0.1) is 0 Å².